The minimum absolute atomic E-state index is 0.0421. The first kappa shape index (κ1) is 13.2. The zero-order chi connectivity index (χ0) is 11.8. The molecule has 1 atom stereocenters. The number of hydrogen-bond acceptors (Lipinski definition) is 3. The molecule has 0 saturated heterocycles. The van der Waals surface area contributed by atoms with E-state index in [0.29, 0.717) is 0 Å². The lowest BCUT2D eigenvalue weighted by Gasteiger charge is -2.13. The van der Waals surface area contributed by atoms with Crippen molar-refractivity contribution in [3.8, 4) is 0 Å². The van der Waals surface area contributed by atoms with E-state index in [9.17, 15) is 0 Å². The highest BCUT2D eigenvalue weighted by Gasteiger charge is 2.02. The van der Waals surface area contributed by atoms with Gasteiger partial charge in [-0.1, -0.05) is 29.8 Å². The minimum Gasteiger partial charge on any atom is -0.330 e. The molecule has 0 bridgehead atoms. The maximum Gasteiger partial charge on any atom is 0.0587 e. The van der Waals surface area contributed by atoms with Crippen LogP contribution in [-0.4, -0.2) is 19.3 Å². The second-order valence-electron chi connectivity index (χ2n) is 4.25. The van der Waals surface area contributed by atoms with Crippen LogP contribution in [0.25, 0.3) is 0 Å². The summed E-state index contributed by atoms with van der Waals surface area (Å²) >= 11 is 0. The monoisotopic (exact) mass is 221 g/mol. The number of nitrogens with two attached hydrogens (primary N) is 2. The van der Waals surface area contributed by atoms with Crippen molar-refractivity contribution in [1.82, 2.24) is 5.32 Å². The molecule has 1 aromatic rings. The van der Waals surface area contributed by atoms with Crippen LogP contribution in [0.1, 0.15) is 24.0 Å². The Morgan fingerprint density at radius 3 is 2.50 bits per heavy atom. The van der Waals surface area contributed by atoms with Gasteiger partial charge >= 0.3 is 0 Å². The van der Waals surface area contributed by atoms with Gasteiger partial charge in [0.05, 0.1) is 6.17 Å². The number of hydrogen-bond donors (Lipinski definition) is 3. The lowest BCUT2D eigenvalue weighted by molar-refractivity contribution is 0.509. The van der Waals surface area contributed by atoms with Gasteiger partial charge < -0.3 is 16.8 Å². The van der Waals surface area contributed by atoms with Crippen molar-refractivity contribution in [2.75, 3.05) is 13.1 Å². The van der Waals surface area contributed by atoms with Crippen LogP contribution in [0, 0.1) is 6.92 Å². The summed E-state index contributed by atoms with van der Waals surface area (Å²) in [5, 5.41) is 3.30. The van der Waals surface area contributed by atoms with Crippen LogP contribution in [0.4, 0.5) is 0 Å². The first-order chi connectivity index (χ1) is 7.72. The second-order valence-corrected chi connectivity index (χ2v) is 4.25. The first-order valence-corrected chi connectivity index (χ1v) is 5.97. The van der Waals surface area contributed by atoms with Gasteiger partial charge in [0.2, 0.25) is 0 Å². The van der Waals surface area contributed by atoms with E-state index in [0.717, 1.165) is 32.4 Å². The van der Waals surface area contributed by atoms with Crippen molar-refractivity contribution in [2.45, 2.75) is 32.4 Å². The summed E-state index contributed by atoms with van der Waals surface area (Å²) in [6, 6.07) is 8.51. The van der Waals surface area contributed by atoms with Crippen LogP contribution < -0.4 is 16.8 Å². The molecular weight excluding hydrogens is 198 g/mol. The third kappa shape index (κ3) is 5.26. The highest BCUT2D eigenvalue weighted by Crippen LogP contribution is 2.04. The quantitative estimate of drug-likeness (QED) is 0.478. The number of nitrogens with one attached hydrogen (secondary N) is 1. The zero-order valence-electron chi connectivity index (χ0n) is 10.1. The molecule has 5 N–H and O–H groups in total. The Kier molecular flexibility index (Phi) is 6.08. The Labute approximate surface area is 98.2 Å². The van der Waals surface area contributed by atoms with Crippen LogP contribution in [-0.2, 0) is 6.42 Å². The Bertz CT molecular complexity index is 282. The Hall–Kier alpha value is -0.900. The van der Waals surface area contributed by atoms with Crippen molar-refractivity contribution in [3.05, 3.63) is 35.4 Å². The third-order valence-electron chi connectivity index (χ3n) is 2.61. The lowest BCUT2D eigenvalue weighted by atomic mass is 10.1. The third-order valence-corrected chi connectivity index (χ3v) is 2.61. The molecule has 16 heavy (non-hydrogen) atoms. The van der Waals surface area contributed by atoms with Crippen LogP contribution >= 0.6 is 0 Å². The summed E-state index contributed by atoms with van der Waals surface area (Å²) in [6.45, 7) is 3.80. The fraction of sp³-hybridized carbons (Fsp3) is 0.538. The molecule has 0 fully saturated rings. The van der Waals surface area contributed by atoms with Crippen LogP contribution in [0.5, 0.6) is 0 Å². The van der Waals surface area contributed by atoms with E-state index < -0.39 is 0 Å². The van der Waals surface area contributed by atoms with Crippen LogP contribution in [0.2, 0.25) is 0 Å². The molecule has 0 spiro atoms. The summed E-state index contributed by atoms with van der Waals surface area (Å²) in [4.78, 5) is 0. The molecule has 1 aromatic carbocycles. The zero-order valence-corrected chi connectivity index (χ0v) is 10.1. The van der Waals surface area contributed by atoms with Crippen molar-refractivity contribution >= 4 is 0 Å². The summed E-state index contributed by atoms with van der Waals surface area (Å²) in [5.74, 6) is 0. The lowest BCUT2D eigenvalue weighted by Crippen LogP contribution is -2.39. The van der Waals surface area contributed by atoms with E-state index in [1.165, 1.54) is 11.1 Å². The molecule has 0 aliphatic heterocycles. The average molecular weight is 221 g/mol. The molecule has 0 amide bonds. The minimum atomic E-state index is 0.0421. The number of unbranched alkanes of at least 4 members (excludes halogenated alkanes) is 1. The van der Waals surface area contributed by atoms with E-state index in [1.54, 1.807) is 0 Å². The maximum atomic E-state index is 5.98. The Morgan fingerprint density at radius 1 is 1.19 bits per heavy atom. The number of rotatable bonds is 7. The van der Waals surface area contributed by atoms with Gasteiger partial charge in [0.1, 0.15) is 0 Å². The van der Waals surface area contributed by atoms with E-state index >= 15 is 0 Å². The highest BCUT2D eigenvalue weighted by molar-refractivity contribution is 5.21. The summed E-state index contributed by atoms with van der Waals surface area (Å²) < 4.78 is 0. The normalized spacial score (nSPS) is 12.7. The molecule has 90 valence electrons. The molecule has 3 heteroatoms. The molecular formula is C13H23N3. The first-order valence-electron chi connectivity index (χ1n) is 5.97. The molecule has 0 saturated carbocycles. The van der Waals surface area contributed by atoms with Crippen molar-refractivity contribution in [2.24, 2.45) is 11.5 Å². The predicted octanol–water partition coefficient (Wildman–Crippen LogP) is 1.15. The predicted molar refractivity (Wildman–Crippen MR) is 69.1 cm³/mol. The van der Waals surface area contributed by atoms with Gasteiger partial charge in [-0.15, -0.1) is 0 Å². The van der Waals surface area contributed by atoms with Crippen molar-refractivity contribution < 1.29 is 0 Å². The molecule has 0 aliphatic rings. The van der Waals surface area contributed by atoms with Crippen LogP contribution in [0.3, 0.4) is 0 Å². The van der Waals surface area contributed by atoms with Gasteiger partial charge in [-0.25, -0.2) is 0 Å². The van der Waals surface area contributed by atoms with Gasteiger partial charge in [0.25, 0.3) is 0 Å². The molecule has 0 aliphatic carbocycles. The molecule has 3 nitrogen and oxygen atoms in total. The van der Waals surface area contributed by atoms with Crippen LogP contribution in [0.15, 0.2) is 24.3 Å². The van der Waals surface area contributed by atoms with E-state index in [4.69, 9.17) is 11.5 Å². The molecule has 0 unspecified atom stereocenters. The molecule has 0 aromatic heterocycles. The average Bonchev–Trinajstić information content (AvgIpc) is 2.28. The van der Waals surface area contributed by atoms with Gasteiger partial charge in [0.15, 0.2) is 0 Å². The van der Waals surface area contributed by atoms with E-state index in [-0.39, 0.29) is 6.17 Å². The number of benzene rings is 1. The fourth-order valence-electron chi connectivity index (χ4n) is 1.61. The van der Waals surface area contributed by atoms with E-state index in [2.05, 4.69) is 36.5 Å². The van der Waals surface area contributed by atoms with Gasteiger partial charge in [-0.05, 0) is 38.4 Å². The van der Waals surface area contributed by atoms with Gasteiger partial charge in [-0.3, -0.25) is 0 Å². The smallest absolute Gasteiger partial charge is 0.0587 e. The fourth-order valence-corrected chi connectivity index (χ4v) is 1.61. The maximum absolute atomic E-state index is 5.98. The summed E-state index contributed by atoms with van der Waals surface area (Å²) in [6.07, 6.45) is 3.08. The van der Waals surface area contributed by atoms with E-state index in [1.807, 2.05) is 0 Å². The van der Waals surface area contributed by atoms with Gasteiger partial charge in [0, 0.05) is 6.42 Å². The Balaban J connectivity index is 2.23. The topological polar surface area (TPSA) is 64.1 Å². The highest BCUT2D eigenvalue weighted by atomic mass is 15.0. The molecule has 1 rings (SSSR count). The summed E-state index contributed by atoms with van der Waals surface area (Å²) in [5.41, 5.74) is 14.0. The van der Waals surface area contributed by atoms with Crippen molar-refractivity contribution in [1.29, 1.82) is 0 Å². The standard InChI is InChI=1S/C13H23N3/c1-11-4-6-12(7-5-11)10-13(15)16-9-3-2-8-14/h4-7,13,16H,2-3,8-10,14-15H2,1H3/t13-/m0/s1. The molecule has 0 radical (unpaired) electrons. The second kappa shape index (κ2) is 7.39. The van der Waals surface area contributed by atoms with Gasteiger partial charge in [-0.2, -0.15) is 0 Å². The molecule has 0 heterocycles. The SMILES string of the molecule is Cc1ccc(C[C@@H](N)NCCCCN)cc1. The largest absolute Gasteiger partial charge is 0.330 e. The summed E-state index contributed by atoms with van der Waals surface area (Å²) in [7, 11) is 0. The number of aryl methyl sites for hydroxylation is 1. The Morgan fingerprint density at radius 2 is 1.88 bits per heavy atom. The van der Waals surface area contributed by atoms with Crippen molar-refractivity contribution in [3.63, 3.8) is 0 Å².